The molecule has 4 rings (SSSR count). The van der Waals surface area contributed by atoms with Crippen LogP contribution in [0, 0.1) is 23.2 Å². The van der Waals surface area contributed by atoms with Crippen molar-refractivity contribution >= 4 is 11.6 Å². The molecule has 0 aromatic heterocycles. The first-order valence-electron chi connectivity index (χ1n) is 10.8. The average molecular weight is 371 g/mol. The van der Waals surface area contributed by atoms with Crippen molar-refractivity contribution in [1.29, 1.82) is 0 Å². The Morgan fingerprint density at radius 3 is 2.57 bits per heavy atom. The normalized spacial score (nSPS) is 31.8. The van der Waals surface area contributed by atoms with E-state index < -0.39 is 0 Å². The van der Waals surface area contributed by atoms with Crippen molar-refractivity contribution < 1.29 is 0 Å². The van der Waals surface area contributed by atoms with Crippen molar-refractivity contribution in [3.8, 4) is 0 Å². The van der Waals surface area contributed by atoms with E-state index in [-0.39, 0.29) is 10.8 Å². The van der Waals surface area contributed by atoms with Gasteiger partial charge in [0.05, 0.1) is 0 Å². The van der Waals surface area contributed by atoms with Gasteiger partial charge in [-0.3, -0.25) is 0 Å². The summed E-state index contributed by atoms with van der Waals surface area (Å²) >= 11 is 0. The number of hydrogen-bond donors (Lipinski definition) is 0. The molecule has 0 N–H and O–H groups in total. The van der Waals surface area contributed by atoms with Crippen LogP contribution in [0.4, 0.5) is 0 Å². The summed E-state index contributed by atoms with van der Waals surface area (Å²) in [6.45, 7) is 18.8. The largest absolute Gasteiger partial charge is 0.0911 e. The van der Waals surface area contributed by atoms with Gasteiger partial charge in [0.15, 0.2) is 0 Å². The Kier molecular flexibility index (Phi) is 4.45. The van der Waals surface area contributed by atoms with Gasteiger partial charge in [0, 0.05) is 5.41 Å². The summed E-state index contributed by atoms with van der Waals surface area (Å²) in [4.78, 5) is 0. The third kappa shape index (κ3) is 2.50. The lowest BCUT2D eigenvalue weighted by molar-refractivity contribution is 0.172. The van der Waals surface area contributed by atoms with E-state index in [1.54, 1.807) is 0 Å². The maximum Gasteiger partial charge on any atom is 0.0155 e. The van der Waals surface area contributed by atoms with Gasteiger partial charge < -0.3 is 0 Å². The van der Waals surface area contributed by atoms with Crippen LogP contribution in [0.15, 0.2) is 66.3 Å². The van der Waals surface area contributed by atoms with Gasteiger partial charge in [0.25, 0.3) is 0 Å². The molecule has 3 unspecified atom stereocenters. The van der Waals surface area contributed by atoms with E-state index >= 15 is 0 Å². The third-order valence-electron chi connectivity index (χ3n) is 7.56. The lowest BCUT2D eigenvalue weighted by Gasteiger charge is -2.48. The SMILES string of the molecule is C=C1C2=C3C=CCC2C(C)(C=CC)C(C(C)C)/C=C\c2cccc(c21)C3(C)C. The zero-order chi connectivity index (χ0) is 20.3. The second-order valence-electron chi connectivity index (χ2n) is 9.89. The van der Waals surface area contributed by atoms with E-state index in [2.05, 4.69) is 103 Å². The molecule has 3 atom stereocenters. The third-order valence-corrected chi connectivity index (χ3v) is 7.56. The predicted molar refractivity (Wildman–Crippen MR) is 123 cm³/mol. The smallest absolute Gasteiger partial charge is 0.0155 e. The fraction of sp³-hybridized carbons (Fsp3) is 0.429. The summed E-state index contributed by atoms with van der Waals surface area (Å²) < 4.78 is 0. The van der Waals surface area contributed by atoms with Crippen LogP contribution in [0.2, 0.25) is 0 Å². The molecule has 1 aromatic carbocycles. The first-order valence-corrected chi connectivity index (χ1v) is 10.8. The van der Waals surface area contributed by atoms with Gasteiger partial charge in [-0.1, -0.05) is 95.9 Å². The summed E-state index contributed by atoms with van der Waals surface area (Å²) in [6, 6.07) is 6.80. The van der Waals surface area contributed by atoms with Crippen LogP contribution in [-0.2, 0) is 5.41 Å². The summed E-state index contributed by atoms with van der Waals surface area (Å²) in [5.74, 6) is 1.49. The van der Waals surface area contributed by atoms with Crippen LogP contribution < -0.4 is 0 Å². The van der Waals surface area contributed by atoms with Crippen molar-refractivity contribution in [2.75, 3.05) is 0 Å². The maximum absolute atomic E-state index is 4.69. The summed E-state index contributed by atoms with van der Waals surface area (Å²) in [5.41, 5.74) is 8.39. The number of rotatable bonds is 2. The van der Waals surface area contributed by atoms with Gasteiger partial charge in [-0.05, 0) is 69.9 Å². The second-order valence-corrected chi connectivity index (χ2v) is 9.89. The zero-order valence-corrected chi connectivity index (χ0v) is 18.3. The highest BCUT2D eigenvalue weighted by atomic mass is 14.5. The van der Waals surface area contributed by atoms with Crippen molar-refractivity contribution in [1.82, 2.24) is 0 Å². The Bertz CT molecular complexity index is 944. The molecule has 0 saturated heterocycles. The molecule has 0 heteroatoms. The molecule has 0 saturated carbocycles. The summed E-state index contributed by atoms with van der Waals surface area (Å²) in [6.07, 6.45) is 15.5. The van der Waals surface area contributed by atoms with Crippen molar-refractivity contribution in [2.45, 2.75) is 53.4 Å². The van der Waals surface area contributed by atoms with Crippen molar-refractivity contribution in [3.63, 3.8) is 0 Å². The van der Waals surface area contributed by atoms with Gasteiger partial charge in [0.2, 0.25) is 0 Å². The molecule has 0 fully saturated rings. The monoisotopic (exact) mass is 370 g/mol. The average Bonchev–Trinajstić information content (AvgIpc) is 2.68. The minimum Gasteiger partial charge on any atom is -0.0911 e. The zero-order valence-electron chi connectivity index (χ0n) is 18.3. The van der Waals surface area contributed by atoms with E-state index in [0.717, 1.165) is 6.42 Å². The Morgan fingerprint density at radius 1 is 1.14 bits per heavy atom. The molecule has 3 aliphatic rings. The van der Waals surface area contributed by atoms with E-state index in [9.17, 15) is 0 Å². The number of hydrogen-bond acceptors (Lipinski definition) is 0. The van der Waals surface area contributed by atoms with Crippen LogP contribution >= 0.6 is 0 Å². The quantitative estimate of drug-likeness (QED) is 0.467. The molecule has 0 heterocycles. The second kappa shape index (κ2) is 6.48. The minimum atomic E-state index is -0.000612. The summed E-state index contributed by atoms with van der Waals surface area (Å²) in [5, 5.41) is 0. The highest BCUT2D eigenvalue weighted by Gasteiger charge is 2.47. The maximum atomic E-state index is 4.69. The molecule has 146 valence electrons. The number of benzene rings is 1. The van der Waals surface area contributed by atoms with Crippen LogP contribution in [0.3, 0.4) is 0 Å². The Balaban J connectivity index is 2.12. The molecule has 0 nitrogen and oxygen atoms in total. The first-order chi connectivity index (χ1) is 13.2. The van der Waals surface area contributed by atoms with Gasteiger partial charge in [-0.15, -0.1) is 0 Å². The topological polar surface area (TPSA) is 0 Å². The lowest BCUT2D eigenvalue weighted by atomic mass is 9.55. The van der Waals surface area contributed by atoms with Gasteiger partial charge >= 0.3 is 0 Å². The number of allylic oxidation sites excluding steroid dienone is 8. The molecule has 0 spiro atoms. The van der Waals surface area contributed by atoms with Crippen molar-refractivity contribution in [3.05, 3.63) is 83.0 Å². The van der Waals surface area contributed by atoms with Crippen LogP contribution in [0.5, 0.6) is 0 Å². The van der Waals surface area contributed by atoms with Crippen molar-refractivity contribution in [2.24, 2.45) is 23.2 Å². The van der Waals surface area contributed by atoms with E-state index in [1.165, 1.54) is 33.4 Å². The first kappa shape index (κ1) is 19.2. The highest BCUT2D eigenvalue weighted by Crippen LogP contribution is 2.58. The molecule has 0 aliphatic heterocycles. The van der Waals surface area contributed by atoms with Gasteiger partial charge in [0.1, 0.15) is 0 Å². The molecule has 1 aromatic rings. The Labute approximate surface area is 171 Å². The van der Waals surface area contributed by atoms with E-state index in [1.807, 2.05) is 0 Å². The van der Waals surface area contributed by atoms with Gasteiger partial charge in [-0.25, -0.2) is 0 Å². The molecule has 3 aliphatic carbocycles. The van der Waals surface area contributed by atoms with Crippen LogP contribution in [0.1, 0.15) is 64.7 Å². The fourth-order valence-electron chi connectivity index (χ4n) is 6.22. The standard InChI is InChI=1S/C28H34/c1-8-17-28(7)21(18(2)3)16-15-20-11-9-12-22-25(20)19(4)26-23(27(22,5)6)13-10-14-24(26)28/h8-13,15-18,21,24H,4,14H2,1-3,5-7H3/b16-15-,17-8?. The summed E-state index contributed by atoms with van der Waals surface area (Å²) in [7, 11) is 0. The van der Waals surface area contributed by atoms with E-state index in [4.69, 9.17) is 0 Å². The molecular formula is C28H34. The minimum absolute atomic E-state index is 0.000612. The Morgan fingerprint density at radius 2 is 1.89 bits per heavy atom. The highest BCUT2D eigenvalue weighted by molar-refractivity contribution is 5.90. The van der Waals surface area contributed by atoms with Crippen LogP contribution in [0.25, 0.3) is 11.6 Å². The predicted octanol–water partition coefficient (Wildman–Crippen LogP) is 7.75. The van der Waals surface area contributed by atoms with Gasteiger partial charge in [-0.2, -0.15) is 0 Å². The Hall–Kier alpha value is -2.08. The molecule has 0 amide bonds. The molecule has 2 bridgehead atoms. The fourth-order valence-corrected chi connectivity index (χ4v) is 6.22. The lowest BCUT2D eigenvalue weighted by Crippen LogP contribution is -2.40. The molecular weight excluding hydrogens is 336 g/mol. The molecule has 28 heavy (non-hydrogen) atoms. The molecule has 0 radical (unpaired) electrons. The van der Waals surface area contributed by atoms with E-state index in [0.29, 0.717) is 17.8 Å². The van der Waals surface area contributed by atoms with Crippen LogP contribution in [-0.4, -0.2) is 0 Å².